The maximum absolute atomic E-state index is 12.0. The fraction of sp³-hybridized carbons (Fsp3) is 0.526. The van der Waals surface area contributed by atoms with E-state index in [1.807, 2.05) is 12.1 Å². The van der Waals surface area contributed by atoms with Crippen LogP contribution in [0.2, 0.25) is 0 Å². The molecule has 128 valence electrons. The molecule has 0 bridgehead atoms. The van der Waals surface area contributed by atoms with Gasteiger partial charge in [-0.2, -0.15) is 0 Å². The van der Waals surface area contributed by atoms with Crippen LogP contribution in [0.1, 0.15) is 37.3 Å². The molecule has 0 aliphatic carbocycles. The molecule has 3 heterocycles. The Hall–Kier alpha value is -1.85. The van der Waals surface area contributed by atoms with Gasteiger partial charge in [-0.3, -0.25) is 4.90 Å². The number of ether oxygens (including phenoxy) is 2. The van der Waals surface area contributed by atoms with Crippen LogP contribution in [0.3, 0.4) is 0 Å². The standard InChI is InChI=1S/C19H23NO4/c1-2-4-13-9-18(21)24-19-15(13)6-7-17-16(19)11-20(12-23-17)10-14-5-3-8-22-14/h6-7,9,14H,2-5,8,10-12H2,1H3/t14-/m0/s1. The van der Waals surface area contributed by atoms with E-state index in [4.69, 9.17) is 13.9 Å². The van der Waals surface area contributed by atoms with Crippen LogP contribution < -0.4 is 10.4 Å². The van der Waals surface area contributed by atoms with Gasteiger partial charge >= 0.3 is 5.63 Å². The summed E-state index contributed by atoms with van der Waals surface area (Å²) in [4.78, 5) is 14.2. The Bertz CT molecular complexity index is 792. The molecule has 1 aromatic heterocycles. The minimum Gasteiger partial charge on any atom is -0.478 e. The van der Waals surface area contributed by atoms with Gasteiger partial charge in [0.05, 0.1) is 11.7 Å². The first-order valence-electron chi connectivity index (χ1n) is 8.80. The molecule has 24 heavy (non-hydrogen) atoms. The Morgan fingerprint density at radius 3 is 3.04 bits per heavy atom. The van der Waals surface area contributed by atoms with E-state index in [1.165, 1.54) is 0 Å². The molecule has 0 amide bonds. The lowest BCUT2D eigenvalue weighted by atomic mass is 10.0. The molecule has 2 aliphatic heterocycles. The first-order valence-corrected chi connectivity index (χ1v) is 8.80. The number of fused-ring (bicyclic) bond motifs is 3. The van der Waals surface area contributed by atoms with Crippen LogP contribution >= 0.6 is 0 Å². The van der Waals surface area contributed by atoms with Crippen molar-refractivity contribution in [1.82, 2.24) is 4.90 Å². The van der Waals surface area contributed by atoms with Gasteiger partial charge < -0.3 is 13.9 Å². The lowest BCUT2D eigenvalue weighted by molar-refractivity contribution is 0.0281. The average Bonchev–Trinajstić information content (AvgIpc) is 3.08. The third kappa shape index (κ3) is 2.94. The summed E-state index contributed by atoms with van der Waals surface area (Å²) in [6.45, 7) is 5.11. The van der Waals surface area contributed by atoms with Gasteiger partial charge in [0, 0.05) is 31.1 Å². The predicted molar refractivity (Wildman–Crippen MR) is 91.4 cm³/mol. The molecule has 0 N–H and O–H groups in total. The highest BCUT2D eigenvalue weighted by Gasteiger charge is 2.25. The van der Waals surface area contributed by atoms with Crippen molar-refractivity contribution >= 4 is 11.0 Å². The number of hydrogen-bond acceptors (Lipinski definition) is 5. The summed E-state index contributed by atoms with van der Waals surface area (Å²) < 4.78 is 17.2. The van der Waals surface area contributed by atoms with Crippen molar-refractivity contribution in [3.8, 4) is 5.75 Å². The first-order chi connectivity index (χ1) is 11.7. The van der Waals surface area contributed by atoms with Crippen LogP contribution in [-0.4, -0.2) is 30.9 Å². The smallest absolute Gasteiger partial charge is 0.336 e. The van der Waals surface area contributed by atoms with Crippen LogP contribution in [-0.2, 0) is 17.7 Å². The molecule has 1 saturated heterocycles. The Kier molecular flexibility index (Phi) is 4.29. The number of rotatable bonds is 4. The molecule has 2 aliphatic rings. The third-order valence-electron chi connectivity index (χ3n) is 4.85. The molecule has 4 rings (SSSR count). The minimum atomic E-state index is -0.282. The normalized spacial score (nSPS) is 21.0. The van der Waals surface area contributed by atoms with Gasteiger partial charge in [0.2, 0.25) is 0 Å². The summed E-state index contributed by atoms with van der Waals surface area (Å²) in [6, 6.07) is 5.63. The van der Waals surface area contributed by atoms with Crippen molar-refractivity contribution in [3.05, 3.63) is 39.7 Å². The summed E-state index contributed by atoms with van der Waals surface area (Å²) in [7, 11) is 0. The molecule has 0 saturated carbocycles. The summed E-state index contributed by atoms with van der Waals surface area (Å²) in [5.41, 5.74) is 2.44. The largest absolute Gasteiger partial charge is 0.478 e. The van der Waals surface area contributed by atoms with Gasteiger partial charge in [0.1, 0.15) is 18.1 Å². The zero-order chi connectivity index (χ0) is 16.5. The zero-order valence-electron chi connectivity index (χ0n) is 14.0. The molecule has 1 atom stereocenters. The van der Waals surface area contributed by atoms with Crippen molar-refractivity contribution in [2.75, 3.05) is 19.9 Å². The summed E-state index contributed by atoms with van der Waals surface area (Å²) in [5.74, 6) is 0.822. The van der Waals surface area contributed by atoms with E-state index in [9.17, 15) is 4.79 Å². The second-order valence-electron chi connectivity index (χ2n) is 6.68. The van der Waals surface area contributed by atoms with Crippen molar-refractivity contribution in [2.24, 2.45) is 0 Å². The van der Waals surface area contributed by atoms with Gasteiger partial charge in [-0.05, 0) is 37.0 Å². The van der Waals surface area contributed by atoms with Crippen molar-refractivity contribution in [2.45, 2.75) is 45.3 Å². The highest BCUT2D eigenvalue weighted by Crippen LogP contribution is 2.33. The van der Waals surface area contributed by atoms with Crippen LogP contribution in [0.25, 0.3) is 11.0 Å². The van der Waals surface area contributed by atoms with Crippen LogP contribution in [0, 0.1) is 0 Å². The second-order valence-corrected chi connectivity index (χ2v) is 6.68. The minimum absolute atomic E-state index is 0.282. The topological polar surface area (TPSA) is 51.9 Å². The van der Waals surface area contributed by atoms with Gasteiger partial charge in [-0.15, -0.1) is 0 Å². The highest BCUT2D eigenvalue weighted by molar-refractivity contribution is 5.85. The van der Waals surface area contributed by atoms with Gasteiger partial charge in [-0.1, -0.05) is 13.3 Å². The number of hydrogen-bond donors (Lipinski definition) is 0. The average molecular weight is 329 g/mol. The Morgan fingerprint density at radius 1 is 1.33 bits per heavy atom. The van der Waals surface area contributed by atoms with E-state index in [1.54, 1.807) is 6.07 Å². The summed E-state index contributed by atoms with van der Waals surface area (Å²) in [6.07, 6.45) is 4.40. The highest BCUT2D eigenvalue weighted by atomic mass is 16.5. The molecule has 2 aromatic rings. The number of benzene rings is 1. The van der Waals surface area contributed by atoms with Gasteiger partial charge in [0.25, 0.3) is 0 Å². The van der Waals surface area contributed by atoms with Crippen molar-refractivity contribution < 1.29 is 13.9 Å². The lowest BCUT2D eigenvalue weighted by Crippen LogP contribution is -2.37. The molecule has 0 unspecified atom stereocenters. The zero-order valence-corrected chi connectivity index (χ0v) is 14.0. The Balaban J connectivity index is 1.69. The van der Waals surface area contributed by atoms with Crippen LogP contribution in [0.5, 0.6) is 5.75 Å². The molecule has 5 nitrogen and oxygen atoms in total. The van der Waals surface area contributed by atoms with E-state index in [0.29, 0.717) is 12.3 Å². The molecule has 1 fully saturated rings. The second kappa shape index (κ2) is 6.57. The first kappa shape index (κ1) is 15.7. The van der Waals surface area contributed by atoms with Gasteiger partial charge in [0.15, 0.2) is 0 Å². The molecule has 5 heteroatoms. The Labute approximate surface area is 141 Å². The molecule has 0 radical (unpaired) electrons. The van der Waals surface area contributed by atoms with Gasteiger partial charge in [-0.25, -0.2) is 4.79 Å². The maximum Gasteiger partial charge on any atom is 0.336 e. The third-order valence-corrected chi connectivity index (χ3v) is 4.85. The number of aryl methyl sites for hydroxylation is 1. The van der Waals surface area contributed by atoms with Crippen molar-refractivity contribution in [3.63, 3.8) is 0 Å². The predicted octanol–water partition coefficient (Wildman–Crippen LogP) is 3.08. The number of nitrogens with zero attached hydrogens (tertiary/aromatic N) is 1. The lowest BCUT2D eigenvalue weighted by Gasteiger charge is -2.30. The van der Waals surface area contributed by atoms with E-state index in [-0.39, 0.29) is 11.7 Å². The SMILES string of the molecule is CCCc1cc(=O)oc2c3c(ccc12)OCN(C[C@@H]1CCCO1)C3. The van der Waals surface area contributed by atoms with Crippen LogP contribution in [0.4, 0.5) is 0 Å². The monoisotopic (exact) mass is 329 g/mol. The molecule has 0 spiro atoms. The molecular weight excluding hydrogens is 306 g/mol. The fourth-order valence-corrected chi connectivity index (χ4v) is 3.71. The molecule has 1 aromatic carbocycles. The summed E-state index contributed by atoms with van der Waals surface area (Å²) in [5, 5.41) is 1.03. The summed E-state index contributed by atoms with van der Waals surface area (Å²) >= 11 is 0. The van der Waals surface area contributed by atoms with E-state index < -0.39 is 0 Å². The van der Waals surface area contributed by atoms with E-state index in [0.717, 1.165) is 67.6 Å². The quantitative estimate of drug-likeness (QED) is 0.807. The van der Waals surface area contributed by atoms with Crippen molar-refractivity contribution in [1.29, 1.82) is 0 Å². The molecular formula is C19H23NO4. The van der Waals surface area contributed by atoms with Crippen LogP contribution in [0.15, 0.2) is 27.4 Å². The Morgan fingerprint density at radius 2 is 2.25 bits per heavy atom. The maximum atomic E-state index is 12.0. The van der Waals surface area contributed by atoms with E-state index in [2.05, 4.69) is 11.8 Å². The fourth-order valence-electron chi connectivity index (χ4n) is 3.71. The van der Waals surface area contributed by atoms with E-state index >= 15 is 0 Å².